The Bertz CT molecular complexity index is 1050. The van der Waals surface area contributed by atoms with E-state index < -0.39 is 0 Å². The van der Waals surface area contributed by atoms with E-state index in [9.17, 15) is 4.79 Å². The molecule has 2 heterocycles. The van der Waals surface area contributed by atoms with Crippen molar-refractivity contribution in [1.82, 2.24) is 4.98 Å². The molecule has 4 rings (SSSR count). The second-order valence-corrected chi connectivity index (χ2v) is 8.66. The van der Waals surface area contributed by atoms with Crippen LogP contribution in [-0.4, -0.2) is 44.2 Å². The third-order valence-electron chi connectivity index (χ3n) is 5.48. The van der Waals surface area contributed by atoms with Gasteiger partial charge >= 0.3 is 0 Å². The summed E-state index contributed by atoms with van der Waals surface area (Å²) >= 11 is 2.27. The van der Waals surface area contributed by atoms with E-state index in [0.29, 0.717) is 5.56 Å². The van der Waals surface area contributed by atoms with Crippen LogP contribution in [0.25, 0.3) is 0 Å². The number of anilines is 3. The molecule has 6 nitrogen and oxygen atoms in total. The van der Waals surface area contributed by atoms with E-state index in [2.05, 4.69) is 54.8 Å². The highest BCUT2D eigenvalue weighted by molar-refractivity contribution is 14.1. The van der Waals surface area contributed by atoms with Crippen LogP contribution in [0.3, 0.4) is 0 Å². The number of piperazine rings is 1. The van der Waals surface area contributed by atoms with Gasteiger partial charge in [-0.25, -0.2) is 4.98 Å². The van der Waals surface area contributed by atoms with Crippen molar-refractivity contribution in [1.29, 1.82) is 0 Å². The minimum Gasteiger partial charge on any atom is -0.497 e. The highest BCUT2D eigenvalue weighted by atomic mass is 127. The normalized spacial score (nSPS) is 13.8. The van der Waals surface area contributed by atoms with Crippen molar-refractivity contribution in [3.8, 4) is 5.75 Å². The number of rotatable bonds is 5. The van der Waals surface area contributed by atoms with Gasteiger partial charge < -0.3 is 19.9 Å². The first-order valence-electron chi connectivity index (χ1n) is 10.2. The molecular weight excluding hydrogens is 503 g/mol. The van der Waals surface area contributed by atoms with Gasteiger partial charge in [0, 0.05) is 47.3 Å². The van der Waals surface area contributed by atoms with Crippen LogP contribution in [0, 0.1) is 10.5 Å². The summed E-state index contributed by atoms with van der Waals surface area (Å²) in [5, 5.41) is 2.94. The molecule has 0 spiro atoms. The molecule has 1 saturated heterocycles. The molecule has 0 radical (unpaired) electrons. The number of amides is 1. The van der Waals surface area contributed by atoms with E-state index in [4.69, 9.17) is 4.74 Å². The molecule has 0 unspecified atom stereocenters. The van der Waals surface area contributed by atoms with E-state index in [1.807, 2.05) is 49.4 Å². The Morgan fingerprint density at radius 1 is 1.00 bits per heavy atom. The van der Waals surface area contributed by atoms with Gasteiger partial charge in [-0.1, -0.05) is 6.07 Å². The first-order valence-corrected chi connectivity index (χ1v) is 11.3. The maximum absolute atomic E-state index is 12.6. The highest BCUT2D eigenvalue weighted by Crippen LogP contribution is 2.22. The van der Waals surface area contributed by atoms with Crippen LogP contribution in [0.5, 0.6) is 5.75 Å². The van der Waals surface area contributed by atoms with Crippen molar-refractivity contribution in [2.24, 2.45) is 0 Å². The number of benzene rings is 2. The maximum Gasteiger partial charge on any atom is 0.257 e. The lowest BCUT2D eigenvalue weighted by molar-refractivity contribution is 0.102. The van der Waals surface area contributed by atoms with Gasteiger partial charge in [0.25, 0.3) is 5.91 Å². The van der Waals surface area contributed by atoms with Crippen molar-refractivity contribution >= 4 is 45.7 Å². The number of carbonyl (C=O) groups excluding carboxylic acids is 1. The van der Waals surface area contributed by atoms with Crippen LogP contribution in [-0.2, 0) is 0 Å². The first-order chi connectivity index (χ1) is 15.0. The van der Waals surface area contributed by atoms with Gasteiger partial charge in [-0.15, -0.1) is 0 Å². The topological polar surface area (TPSA) is 57.7 Å². The molecule has 160 valence electrons. The third-order valence-corrected chi connectivity index (χ3v) is 6.64. The largest absolute Gasteiger partial charge is 0.497 e. The lowest BCUT2D eigenvalue weighted by Crippen LogP contribution is -2.46. The number of aryl methyl sites for hydroxylation is 1. The number of aromatic nitrogens is 1. The fourth-order valence-electron chi connectivity index (χ4n) is 3.57. The number of nitrogens with one attached hydrogen (secondary N) is 1. The molecule has 0 aliphatic carbocycles. The predicted octanol–water partition coefficient (Wildman–Crippen LogP) is 4.58. The molecule has 31 heavy (non-hydrogen) atoms. The molecule has 1 aliphatic rings. The molecule has 0 saturated carbocycles. The number of pyridine rings is 1. The highest BCUT2D eigenvalue weighted by Gasteiger charge is 2.19. The monoisotopic (exact) mass is 528 g/mol. The van der Waals surface area contributed by atoms with Crippen LogP contribution in [0.1, 0.15) is 15.9 Å². The minimum atomic E-state index is -0.150. The van der Waals surface area contributed by atoms with Gasteiger partial charge in [-0.2, -0.15) is 0 Å². The smallest absolute Gasteiger partial charge is 0.257 e. The second kappa shape index (κ2) is 9.55. The Morgan fingerprint density at radius 2 is 1.71 bits per heavy atom. The Morgan fingerprint density at radius 3 is 2.32 bits per heavy atom. The Labute approximate surface area is 196 Å². The third kappa shape index (κ3) is 5.10. The number of carbonyl (C=O) groups is 1. The average Bonchev–Trinajstić information content (AvgIpc) is 2.82. The molecule has 1 aliphatic heterocycles. The fraction of sp³-hybridized carbons (Fsp3) is 0.250. The first kappa shape index (κ1) is 21.4. The summed E-state index contributed by atoms with van der Waals surface area (Å²) in [6.07, 6.45) is 1.65. The Kier molecular flexibility index (Phi) is 6.60. The van der Waals surface area contributed by atoms with Gasteiger partial charge in [0.2, 0.25) is 0 Å². The fourth-order valence-corrected chi connectivity index (χ4v) is 4.08. The SMILES string of the molecule is COc1ccc(N2CCN(c3ccc(C(=O)Nc4ccc(C)c(I)c4)cn3)CC2)cc1. The van der Waals surface area contributed by atoms with E-state index in [-0.39, 0.29) is 5.91 Å². The summed E-state index contributed by atoms with van der Waals surface area (Å²) in [6, 6.07) is 17.8. The summed E-state index contributed by atoms with van der Waals surface area (Å²) < 4.78 is 6.36. The minimum absolute atomic E-state index is 0.150. The Hall–Kier alpha value is -2.81. The van der Waals surface area contributed by atoms with E-state index in [1.54, 1.807) is 13.3 Å². The molecule has 1 amide bonds. The molecule has 1 fully saturated rings. The molecule has 0 atom stereocenters. The summed E-state index contributed by atoms with van der Waals surface area (Å²) in [5.74, 6) is 1.62. The number of hydrogen-bond acceptors (Lipinski definition) is 5. The van der Waals surface area contributed by atoms with Crippen LogP contribution in [0.15, 0.2) is 60.8 Å². The molecule has 3 aromatic rings. The van der Waals surface area contributed by atoms with Crippen LogP contribution in [0.4, 0.5) is 17.2 Å². The predicted molar refractivity (Wildman–Crippen MR) is 134 cm³/mol. The van der Waals surface area contributed by atoms with E-state index >= 15 is 0 Å². The molecule has 1 N–H and O–H groups in total. The van der Waals surface area contributed by atoms with Crippen molar-refractivity contribution < 1.29 is 9.53 Å². The summed E-state index contributed by atoms with van der Waals surface area (Å²) in [4.78, 5) is 21.7. The molecular formula is C24H25IN4O2. The number of hydrogen-bond donors (Lipinski definition) is 1. The summed E-state index contributed by atoms with van der Waals surface area (Å²) in [6.45, 7) is 5.65. The summed E-state index contributed by atoms with van der Waals surface area (Å²) in [7, 11) is 1.68. The average molecular weight is 528 g/mol. The van der Waals surface area contributed by atoms with Gasteiger partial charge in [0.15, 0.2) is 0 Å². The van der Waals surface area contributed by atoms with Gasteiger partial charge in [0.1, 0.15) is 11.6 Å². The van der Waals surface area contributed by atoms with Gasteiger partial charge in [-0.3, -0.25) is 4.79 Å². The lowest BCUT2D eigenvalue weighted by atomic mass is 10.2. The molecule has 1 aromatic heterocycles. The van der Waals surface area contributed by atoms with Crippen molar-refractivity contribution in [3.63, 3.8) is 0 Å². The quantitative estimate of drug-likeness (QED) is 0.492. The molecule has 2 aromatic carbocycles. The van der Waals surface area contributed by atoms with Crippen LogP contribution < -0.4 is 19.9 Å². The lowest BCUT2D eigenvalue weighted by Gasteiger charge is -2.36. The number of ether oxygens (including phenoxy) is 1. The second-order valence-electron chi connectivity index (χ2n) is 7.50. The van der Waals surface area contributed by atoms with Crippen molar-refractivity contribution in [2.45, 2.75) is 6.92 Å². The number of methoxy groups -OCH3 is 1. The zero-order chi connectivity index (χ0) is 21.8. The Balaban J connectivity index is 1.35. The van der Waals surface area contributed by atoms with Crippen molar-refractivity contribution in [2.75, 3.05) is 48.4 Å². The number of nitrogens with zero attached hydrogens (tertiary/aromatic N) is 3. The zero-order valence-corrected chi connectivity index (χ0v) is 19.8. The van der Waals surface area contributed by atoms with E-state index in [0.717, 1.165) is 47.0 Å². The standard InChI is InChI=1S/C24H25IN4O2/c1-17-3-5-19(15-22(17)25)27-24(30)18-4-10-23(26-16-18)29-13-11-28(12-14-29)20-6-8-21(31-2)9-7-20/h3-10,15-16H,11-14H2,1-2H3,(H,27,30). The van der Waals surface area contributed by atoms with Gasteiger partial charge in [0.05, 0.1) is 12.7 Å². The van der Waals surface area contributed by atoms with Gasteiger partial charge in [-0.05, 0) is 83.6 Å². The zero-order valence-electron chi connectivity index (χ0n) is 17.6. The van der Waals surface area contributed by atoms with Crippen LogP contribution >= 0.6 is 22.6 Å². The molecule has 0 bridgehead atoms. The van der Waals surface area contributed by atoms with E-state index in [1.165, 1.54) is 11.3 Å². The molecule has 7 heteroatoms. The number of halogens is 1. The van der Waals surface area contributed by atoms with Crippen molar-refractivity contribution in [3.05, 3.63) is 75.5 Å². The summed E-state index contributed by atoms with van der Waals surface area (Å²) in [5.41, 5.74) is 3.73. The van der Waals surface area contributed by atoms with Crippen LogP contribution in [0.2, 0.25) is 0 Å². The maximum atomic E-state index is 12.6.